The molecule has 0 aliphatic carbocycles. The Morgan fingerprint density at radius 2 is 1.71 bits per heavy atom. The molecular weight excluding hydrogens is 390 g/mol. The topological polar surface area (TPSA) is 57.1 Å². The molecule has 0 unspecified atom stereocenters. The van der Waals surface area contributed by atoms with Gasteiger partial charge in [0, 0.05) is 5.56 Å². The predicted octanol–water partition coefficient (Wildman–Crippen LogP) is 5.32. The summed E-state index contributed by atoms with van der Waals surface area (Å²) >= 11 is 0. The summed E-state index contributed by atoms with van der Waals surface area (Å²) in [6.45, 7) is 4.87. The summed E-state index contributed by atoms with van der Waals surface area (Å²) in [7, 11) is 0. The number of carbonyl (C=O) groups is 1. The Balaban J connectivity index is 1.60. The van der Waals surface area contributed by atoms with Crippen molar-refractivity contribution < 1.29 is 19.1 Å². The number of nitrogens with zero attached hydrogens (tertiary/aromatic N) is 1. The van der Waals surface area contributed by atoms with E-state index in [-0.39, 0.29) is 0 Å². The van der Waals surface area contributed by atoms with Crippen LogP contribution in [0.2, 0.25) is 0 Å². The molecule has 1 aliphatic rings. The van der Waals surface area contributed by atoms with Crippen molar-refractivity contribution in [3.63, 3.8) is 0 Å². The van der Waals surface area contributed by atoms with Crippen LogP contribution in [0.1, 0.15) is 29.2 Å². The monoisotopic (exact) mass is 413 g/mol. The summed E-state index contributed by atoms with van der Waals surface area (Å²) in [5, 5.41) is 3.98. The van der Waals surface area contributed by atoms with Gasteiger partial charge in [-0.3, -0.25) is 0 Å². The summed E-state index contributed by atoms with van der Waals surface area (Å²) in [6, 6.07) is 23.3. The smallest absolute Gasteiger partial charge is 0.368 e. The highest BCUT2D eigenvalue weighted by Gasteiger charge is 2.26. The van der Waals surface area contributed by atoms with E-state index in [0.717, 1.165) is 22.3 Å². The minimum absolute atomic E-state index is 0.407. The van der Waals surface area contributed by atoms with Crippen LogP contribution in [0.25, 0.3) is 6.08 Å². The van der Waals surface area contributed by atoms with Gasteiger partial charge < -0.3 is 14.3 Å². The van der Waals surface area contributed by atoms with Gasteiger partial charge in [0.15, 0.2) is 11.5 Å². The molecule has 0 saturated carbocycles. The van der Waals surface area contributed by atoms with Crippen LogP contribution < -0.4 is 9.47 Å². The minimum atomic E-state index is -0.474. The van der Waals surface area contributed by atoms with Crippen LogP contribution >= 0.6 is 0 Å². The molecule has 1 aliphatic heterocycles. The lowest BCUT2D eigenvalue weighted by Gasteiger charge is -2.13. The second kappa shape index (κ2) is 9.30. The molecule has 0 bridgehead atoms. The van der Waals surface area contributed by atoms with Gasteiger partial charge in [0.25, 0.3) is 0 Å². The van der Waals surface area contributed by atoms with Gasteiger partial charge in [-0.15, -0.1) is 0 Å². The highest BCUT2D eigenvalue weighted by molar-refractivity contribution is 6.31. The van der Waals surface area contributed by atoms with Crippen LogP contribution in [0, 0.1) is 6.92 Å². The standard InChI is InChI=1S/C26H23NO4/c1-3-29-24-16-20(11-14-23(24)30-17-19-7-5-4-6-8-19)15-22-25(27-31-26(22)28)21-12-9-18(2)10-13-21/h4-16H,3,17H2,1-2H3. The molecule has 0 radical (unpaired) electrons. The fourth-order valence-electron chi connectivity index (χ4n) is 3.23. The zero-order chi connectivity index (χ0) is 21.6. The zero-order valence-corrected chi connectivity index (χ0v) is 17.5. The third-order valence-corrected chi connectivity index (χ3v) is 4.84. The summed E-state index contributed by atoms with van der Waals surface area (Å²) in [5.74, 6) is 0.792. The second-order valence-electron chi connectivity index (χ2n) is 7.16. The molecule has 1 heterocycles. The Morgan fingerprint density at radius 1 is 0.935 bits per heavy atom. The Hall–Kier alpha value is -3.86. The predicted molar refractivity (Wildman–Crippen MR) is 120 cm³/mol. The molecule has 3 aromatic rings. The van der Waals surface area contributed by atoms with E-state index in [4.69, 9.17) is 14.3 Å². The largest absolute Gasteiger partial charge is 0.490 e. The number of rotatable bonds is 7. The number of hydrogen-bond donors (Lipinski definition) is 0. The van der Waals surface area contributed by atoms with Crippen molar-refractivity contribution in [3.8, 4) is 11.5 Å². The van der Waals surface area contributed by atoms with Crippen LogP contribution in [0.3, 0.4) is 0 Å². The lowest BCUT2D eigenvalue weighted by atomic mass is 9.99. The van der Waals surface area contributed by atoms with Crippen molar-refractivity contribution in [2.45, 2.75) is 20.5 Å². The van der Waals surface area contributed by atoms with E-state index >= 15 is 0 Å². The van der Waals surface area contributed by atoms with Crippen LogP contribution in [-0.4, -0.2) is 18.3 Å². The third-order valence-electron chi connectivity index (χ3n) is 4.84. The number of carbonyl (C=O) groups excluding carboxylic acids is 1. The lowest BCUT2D eigenvalue weighted by molar-refractivity contribution is -0.136. The summed E-state index contributed by atoms with van der Waals surface area (Å²) in [6.07, 6.45) is 1.76. The minimum Gasteiger partial charge on any atom is -0.490 e. The van der Waals surface area contributed by atoms with E-state index in [0.29, 0.717) is 36.0 Å². The number of ether oxygens (including phenoxy) is 2. The molecule has 0 atom stereocenters. The maximum absolute atomic E-state index is 12.3. The average molecular weight is 413 g/mol. The molecule has 156 valence electrons. The first-order valence-corrected chi connectivity index (χ1v) is 10.2. The Bertz CT molecular complexity index is 1130. The van der Waals surface area contributed by atoms with E-state index in [2.05, 4.69) is 5.16 Å². The number of hydrogen-bond acceptors (Lipinski definition) is 5. The van der Waals surface area contributed by atoms with Gasteiger partial charge >= 0.3 is 5.97 Å². The van der Waals surface area contributed by atoms with E-state index in [1.165, 1.54) is 0 Å². The van der Waals surface area contributed by atoms with Crippen molar-refractivity contribution in [2.75, 3.05) is 6.61 Å². The number of oxime groups is 1. The van der Waals surface area contributed by atoms with Gasteiger partial charge in [-0.05, 0) is 43.2 Å². The highest BCUT2D eigenvalue weighted by atomic mass is 16.7. The molecule has 0 saturated heterocycles. The molecule has 5 heteroatoms. The van der Waals surface area contributed by atoms with Gasteiger partial charge in [0.05, 0.1) is 12.2 Å². The molecule has 0 N–H and O–H groups in total. The maximum atomic E-state index is 12.3. The van der Waals surface area contributed by atoms with Crippen LogP contribution in [0.5, 0.6) is 11.5 Å². The normalized spacial score (nSPS) is 14.3. The van der Waals surface area contributed by atoms with Crippen LogP contribution in [0.4, 0.5) is 0 Å². The summed E-state index contributed by atoms with van der Waals surface area (Å²) in [5.41, 5.74) is 4.76. The number of aryl methyl sites for hydroxylation is 1. The fourth-order valence-corrected chi connectivity index (χ4v) is 3.23. The van der Waals surface area contributed by atoms with Crippen molar-refractivity contribution in [3.05, 3.63) is 101 Å². The Labute approximate surface area is 181 Å². The molecule has 31 heavy (non-hydrogen) atoms. The lowest BCUT2D eigenvalue weighted by Crippen LogP contribution is -2.07. The molecule has 4 rings (SSSR count). The molecule has 0 fully saturated rings. The first kappa shape index (κ1) is 20.4. The Kier molecular flexibility index (Phi) is 6.13. The average Bonchev–Trinajstić information content (AvgIpc) is 3.15. The summed E-state index contributed by atoms with van der Waals surface area (Å²) in [4.78, 5) is 17.3. The molecular formula is C26H23NO4. The fraction of sp³-hybridized carbons (Fsp3) is 0.154. The summed E-state index contributed by atoms with van der Waals surface area (Å²) < 4.78 is 11.7. The van der Waals surface area contributed by atoms with Crippen molar-refractivity contribution >= 4 is 17.8 Å². The van der Waals surface area contributed by atoms with Crippen molar-refractivity contribution in [1.82, 2.24) is 0 Å². The third kappa shape index (κ3) is 4.83. The zero-order valence-electron chi connectivity index (χ0n) is 17.5. The van der Waals surface area contributed by atoms with Crippen LogP contribution in [0.15, 0.2) is 83.5 Å². The quantitative estimate of drug-likeness (QED) is 0.389. The number of benzene rings is 3. The second-order valence-corrected chi connectivity index (χ2v) is 7.16. The maximum Gasteiger partial charge on any atom is 0.368 e. The van der Waals surface area contributed by atoms with Gasteiger partial charge in [0.2, 0.25) is 0 Å². The SMILES string of the molecule is CCOc1cc(C=C2C(=O)ON=C2c2ccc(C)cc2)ccc1OCc1ccccc1. The van der Waals surface area contributed by atoms with E-state index < -0.39 is 5.97 Å². The first-order valence-electron chi connectivity index (χ1n) is 10.2. The molecule has 0 aromatic heterocycles. The van der Waals surface area contributed by atoms with Crippen molar-refractivity contribution in [2.24, 2.45) is 5.16 Å². The van der Waals surface area contributed by atoms with Gasteiger partial charge in [0.1, 0.15) is 12.3 Å². The van der Waals surface area contributed by atoms with Gasteiger partial charge in [-0.2, -0.15) is 0 Å². The van der Waals surface area contributed by atoms with Crippen LogP contribution in [-0.2, 0) is 16.2 Å². The van der Waals surface area contributed by atoms with E-state index in [1.807, 2.05) is 86.6 Å². The molecule has 0 amide bonds. The molecule has 5 nitrogen and oxygen atoms in total. The Morgan fingerprint density at radius 3 is 2.45 bits per heavy atom. The highest BCUT2D eigenvalue weighted by Crippen LogP contribution is 2.31. The first-order chi connectivity index (χ1) is 15.1. The molecule has 3 aromatic carbocycles. The van der Waals surface area contributed by atoms with Crippen molar-refractivity contribution in [1.29, 1.82) is 0 Å². The van der Waals surface area contributed by atoms with Gasteiger partial charge in [-0.25, -0.2) is 4.79 Å². The van der Waals surface area contributed by atoms with E-state index in [9.17, 15) is 4.79 Å². The molecule has 0 spiro atoms. The van der Waals surface area contributed by atoms with E-state index in [1.54, 1.807) is 6.08 Å². The van der Waals surface area contributed by atoms with Gasteiger partial charge in [-0.1, -0.05) is 71.4 Å².